The number of nitrogens with two attached hydrogens (primary N) is 1. The Morgan fingerprint density at radius 2 is 2.24 bits per heavy atom. The normalized spacial score (nSPS) is 23.4. The van der Waals surface area contributed by atoms with Gasteiger partial charge in [0.05, 0.1) is 0 Å². The summed E-state index contributed by atoms with van der Waals surface area (Å²) in [5.74, 6) is -1.46. The first-order valence-corrected chi connectivity index (χ1v) is 12.9. The van der Waals surface area contributed by atoms with Crippen molar-refractivity contribution >= 4 is 86.8 Å². The van der Waals surface area contributed by atoms with Crippen LogP contribution in [-0.2, 0) is 21.4 Å². The van der Waals surface area contributed by atoms with Crippen LogP contribution in [0.5, 0.6) is 0 Å². The minimum atomic E-state index is -1.21. The Balaban J connectivity index is 0.00000216. The van der Waals surface area contributed by atoms with Crippen molar-refractivity contribution in [2.45, 2.75) is 16.6 Å². The van der Waals surface area contributed by atoms with Gasteiger partial charge in [-0.05, 0) is 10.4 Å². The minimum Gasteiger partial charge on any atom is -1.00 e. The maximum absolute atomic E-state index is 13.1. The minimum absolute atomic E-state index is 0. The molecule has 3 atom stereocenters. The Hall–Kier alpha value is -1.07. The summed E-state index contributed by atoms with van der Waals surface area (Å²) < 4.78 is 1.18. The summed E-state index contributed by atoms with van der Waals surface area (Å²) in [6.07, 6.45) is 0.981. The number of rotatable bonds is 7. The van der Waals surface area contributed by atoms with Gasteiger partial charge in [-0.2, -0.15) is 0 Å². The van der Waals surface area contributed by atoms with Crippen LogP contribution in [0.25, 0.3) is 0 Å². The van der Waals surface area contributed by atoms with Gasteiger partial charge in [0.15, 0.2) is 5.13 Å². The number of hydrogen-bond acceptors (Lipinski definition) is 11. The number of halogens is 2. The molecule has 2 amide bonds. The maximum Gasteiger partial charge on any atom is 1.00 e. The number of carboxylic acids is 1. The van der Waals surface area contributed by atoms with E-state index in [4.69, 9.17) is 28.9 Å². The summed E-state index contributed by atoms with van der Waals surface area (Å²) in [5.41, 5.74) is 4.50. The first kappa shape index (κ1) is 27.5. The van der Waals surface area contributed by atoms with E-state index in [-0.39, 0.29) is 64.5 Å². The van der Waals surface area contributed by atoms with Gasteiger partial charge in [-0.15, -0.1) is 28.2 Å². The predicted molar refractivity (Wildman–Crippen MR) is 126 cm³/mol. The molecule has 0 saturated carbocycles. The maximum atomic E-state index is 13.1. The van der Waals surface area contributed by atoms with Crippen LogP contribution in [0, 0.1) is 5.41 Å². The van der Waals surface area contributed by atoms with Crippen molar-refractivity contribution in [2.75, 3.05) is 28.7 Å². The van der Waals surface area contributed by atoms with E-state index in [9.17, 15) is 19.5 Å². The van der Waals surface area contributed by atoms with Crippen molar-refractivity contribution in [3.05, 3.63) is 15.9 Å². The molecule has 12 nitrogen and oxygen atoms in total. The van der Waals surface area contributed by atoms with E-state index in [2.05, 4.69) is 20.5 Å². The molecular formula is C16H17Cl2N8NaO4S3. The van der Waals surface area contributed by atoms with Gasteiger partial charge < -0.3 is 17.2 Å². The van der Waals surface area contributed by atoms with Crippen LogP contribution in [0.2, 0.25) is 0 Å². The average molecular weight is 575 g/mol. The third kappa shape index (κ3) is 5.21. The molecule has 2 aromatic heterocycles. The number of hydrogen-bond donors (Lipinski definition) is 2. The van der Waals surface area contributed by atoms with Crippen LogP contribution in [0.1, 0.15) is 1.43 Å². The molecule has 2 aliphatic heterocycles. The quantitative estimate of drug-likeness (QED) is 0.165. The van der Waals surface area contributed by atoms with Crippen LogP contribution in [-0.4, -0.2) is 82.4 Å². The fourth-order valence-corrected chi connectivity index (χ4v) is 6.96. The van der Waals surface area contributed by atoms with Crippen LogP contribution in [0.4, 0.5) is 10.9 Å². The molecule has 4 heterocycles. The second-order valence-corrected chi connectivity index (χ2v) is 11.2. The summed E-state index contributed by atoms with van der Waals surface area (Å²) in [5, 5.41) is 22.9. The summed E-state index contributed by atoms with van der Waals surface area (Å²) in [7, 11) is 1.66. The van der Waals surface area contributed by atoms with Crippen molar-refractivity contribution in [2.24, 2.45) is 12.5 Å². The van der Waals surface area contributed by atoms with Crippen molar-refractivity contribution in [3.63, 3.8) is 0 Å². The number of carbonyl (C=O) groups excluding carboxylic acids is 2. The number of aliphatic carboxylic acids is 1. The molecule has 178 valence electrons. The molecule has 0 aromatic carbocycles. The van der Waals surface area contributed by atoms with E-state index < -0.39 is 34.6 Å². The first-order chi connectivity index (χ1) is 15.6. The monoisotopic (exact) mass is 574 g/mol. The van der Waals surface area contributed by atoms with Crippen LogP contribution in [0.15, 0.2) is 21.1 Å². The SMILES string of the molecule is Cn1nnnc1SCC1(C(=O)O)CS[C@@H]2C(N(C(=O)C=C(Cl)Cl)c3csc(N)n3)C(=O)N2C1.[H-].[Na+]. The van der Waals surface area contributed by atoms with Crippen molar-refractivity contribution in [1.29, 1.82) is 0 Å². The van der Waals surface area contributed by atoms with Gasteiger partial charge >= 0.3 is 35.5 Å². The molecule has 2 fully saturated rings. The Labute approximate surface area is 239 Å². The number of nitrogens with zero attached hydrogens (tertiary/aromatic N) is 7. The summed E-state index contributed by atoms with van der Waals surface area (Å²) in [6.45, 7) is -0.0129. The van der Waals surface area contributed by atoms with E-state index in [0.717, 1.165) is 17.4 Å². The zero-order valence-corrected chi connectivity index (χ0v) is 23.8. The number of thioether (sulfide) groups is 2. The number of fused-ring (bicyclic) bond motifs is 1. The molecule has 4 rings (SSSR count). The van der Waals surface area contributed by atoms with Gasteiger partial charge in [0.25, 0.3) is 5.91 Å². The molecule has 2 unspecified atom stereocenters. The van der Waals surface area contributed by atoms with Crippen molar-refractivity contribution in [3.8, 4) is 0 Å². The topological polar surface area (TPSA) is 160 Å². The van der Waals surface area contributed by atoms with Crippen molar-refractivity contribution < 1.29 is 50.5 Å². The van der Waals surface area contributed by atoms with Crippen LogP contribution < -0.4 is 40.2 Å². The molecule has 2 aliphatic rings. The number of thiazole rings is 1. The summed E-state index contributed by atoms with van der Waals surface area (Å²) in [6, 6.07) is -0.893. The van der Waals surface area contributed by atoms with E-state index in [0.29, 0.717) is 5.16 Å². The second kappa shape index (κ2) is 10.9. The Bertz CT molecular complexity index is 1150. The van der Waals surface area contributed by atoms with Crippen LogP contribution in [0.3, 0.4) is 0 Å². The fraction of sp³-hybridized carbons (Fsp3) is 0.438. The number of aryl methyl sites for hydroxylation is 1. The van der Waals surface area contributed by atoms with E-state index in [1.807, 2.05) is 0 Å². The van der Waals surface area contributed by atoms with Gasteiger partial charge in [-0.25, -0.2) is 9.67 Å². The van der Waals surface area contributed by atoms with E-state index >= 15 is 0 Å². The zero-order chi connectivity index (χ0) is 23.9. The number of amides is 2. The molecule has 0 spiro atoms. The first-order valence-electron chi connectivity index (χ1n) is 9.20. The largest absolute Gasteiger partial charge is 1.00 e. The summed E-state index contributed by atoms with van der Waals surface area (Å²) in [4.78, 5) is 45.0. The van der Waals surface area contributed by atoms with Gasteiger partial charge in [0.1, 0.15) is 27.1 Å². The molecule has 18 heteroatoms. The fourth-order valence-electron chi connectivity index (χ4n) is 3.48. The molecular weight excluding hydrogens is 558 g/mol. The van der Waals surface area contributed by atoms with Gasteiger partial charge in [-0.3, -0.25) is 19.3 Å². The van der Waals surface area contributed by atoms with Crippen molar-refractivity contribution in [1.82, 2.24) is 30.1 Å². The second-order valence-electron chi connectivity index (χ2n) is 7.26. The number of β-lactam (4-membered cyclic amide) rings is 1. The van der Waals surface area contributed by atoms with Gasteiger partial charge in [-0.1, -0.05) is 35.0 Å². The van der Waals surface area contributed by atoms with E-state index in [1.165, 1.54) is 38.0 Å². The third-order valence-corrected chi connectivity index (χ3v) is 8.89. The molecule has 34 heavy (non-hydrogen) atoms. The third-order valence-electron chi connectivity index (χ3n) is 5.13. The standard InChI is InChI=1S/C16H16Cl2N8O4S3.Na.H/c1-24-15(21-22-23-24)33-6-16(13(29)30)4-25-11(28)10(12(25)32-5-16)26(9(27)2-7(17)18)8-3-31-14(19)20-8;;/h2-3,10,12H,4-6H2,1H3,(H2,19,20)(H,29,30);;/q;+1;-1/t10?,12-,16?;;/m1../s1. The molecule has 3 N–H and O–H groups in total. The molecule has 2 saturated heterocycles. The summed E-state index contributed by atoms with van der Waals surface area (Å²) >= 11 is 14.9. The zero-order valence-electron chi connectivity index (χ0n) is 18.8. The Kier molecular flexibility index (Phi) is 8.82. The van der Waals surface area contributed by atoms with E-state index in [1.54, 1.807) is 12.4 Å². The number of anilines is 2. The molecule has 0 aliphatic carbocycles. The number of aromatic nitrogens is 5. The number of tetrazole rings is 1. The number of carboxylic acid groups (broad SMARTS) is 1. The number of carbonyl (C=O) groups is 3. The average Bonchev–Trinajstić information content (AvgIpc) is 3.37. The predicted octanol–water partition coefficient (Wildman–Crippen LogP) is -1.84. The van der Waals surface area contributed by atoms with Gasteiger partial charge in [0, 0.05) is 36.6 Å². The van der Waals surface area contributed by atoms with Gasteiger partial charge in [0.2, 0.25) is 11.1 Å². The Morgan fingerprint density at radius 1 is 1.50 bits per heavy atom. The number of nitrogen functional groups attached to an aromatic ring is 1. The van der Waals surface area contributed by atoms with Crippen LogP contribution >= 0.6 is 58.1 Å². The Morgan fingerprint density at radius 3 is 2.79 bits per heavy atom. The smallest absolute Gasteiger partial charge is 1.00 e. The molecule has 0 radical (unpaired) electrons. The molecule has 2 aromatic rings. The molecule has 0 bridgehead atoms.